The van der Waals surface area contributed by atoms with Crippen molar-refractivity contribution < 1.29 is 14.0 Å². The Balaban J connectivity index is 1.47. The lowest BCUT2D eigenvalue weighted by Crippen LogP contribution is -2.49. The molecule has 5 heteroatoms. The third-order valence-electron chi connectivity index (χ3n) is 6.13. The standard InChI is InChI=1S/C23H28N2O3/c26-22(24-14-21-11-6-12-28-21)20-13-19(17-7-2-1-3-8-17)15-25(16-20)23(27)18-9-4-5-10-18/h1-3,6-8,11-12,18-20H,4-5,9-10,13-16H2,(H,24,26). The van der Waals surface area contributed by atoms with Gasteiger partial charge >= 0.3 is 0 Å². The van der Waals surface area contributed by atoms with Crippen molar-refractivity contribution in [2.75, 3.05) is 13.1 Å². The van der Waals surface area contributed by atoms with E-state index in [1.54, 1.807) is 6.26 Å². The van der Waals surface area contributed by atoms with Crippen LogP contribution in [0.3, 0.4) is 0 Å². The Morgan fingerprint density at radius 3 is 2.50 bits per heavy atom. The van der Waals surface area contributed by atoms with Crippen molar-refractivity contribution in [3.63, 3.8) is 0 Å². The molecule has 1 aromatic carbocycles. The average Bonchev–Trinajstić information content (AvgIpc) is 3.46. The number of benzene rings is 1. The van der Waals surface area contributed by atoms with Crippen LogP contribution in [0.5, 0.6) is 0 Å². The van der Waals surface area contributed by atoms with Crippen molar-refractivity contribution in [2.45, 2.75) is 44.6 Å². The maximum Gasteiger partial charge on any atom is 0.225 e. The maximum atomic E-state index is 13.1. The summed E-state index contributed by atoms with van der Waals surface area (Å²) in [4.78, 5) is 27.9. The largest absolute Gasteiger partial charge is 0.467 e. The molecule has 1 N–H and O–H groups in total. The first-order valence-corrected chi connectivity index (χ1v) is 10.3. The van der Waals surface area contributed by atoms with E-state index in [9.17, 15) is 9.59 Å². The van der Waals surface area contributed by atoms with Crippen molar-refractivity contribution in [1.82, 2.24) is 10.2 Å². The van der Waals surface area contributed by atoms with Crippen molar-refractivity contribution in [1.29, 1.82) is 0 Å². The number of piperidine rings is 1. The fourth-order valence-electron chi connectivity index (χ4n) is 4.60. The third kappa shape index (κ3) is 4.29. The quantitative estimate of drug-likeness (QED) is 0.860. The van der Waals surface area contributed by atoms with Crippen molar-refractivity contribution in [3.05, 3.63) is 60.1 Å². The van der Waals surface area contributed by atoms with Gasteiger partial charge in [0.2, 0.25) is 11.8 Å². The summed E-state index contributed by atoms with van der Waals surface area (Å²) in [6.07, 6.45) is 6.62. The van der Waals surface area contributed by atoms with Crippen LogP contribution in [0.4, 0.5) is 0 Å². The Morgan fingerprint density at radius 2 is 1.79 bits per heavy atom. The minimum Gasteiger partial charge on any atom is -0.467 e. The van der Waals surface area contributed by atoms with Gasteiger partial charge in [0, 0.05) is 24.9 Å². The molecule has 148 valence electrons. The zero-order chi connectivity index (χ0) is 19.3. The number of amides is 2. The molecule has 2 atom stereocenters. The smallest absolute Gasteiger partial charge is 0.225 e. The van der Waals surface area contributed by atoms with Crippen LogP contribution in [-0.4, -0.2) is 29.8 Å². The Bertz CT molecular complexity index is 781. The van der Waals surface area contributed by atoms with E-state index in [0.717, 1.165) is 37.9 Å². The molecule has 2 aromatic rings. The topological polar surface area (TPSA) is 62.6 Å². The molecule has 2 heterocycles. The van der Waals surface area contributed by atoms with Crippen LogP contribution in [0.25, 0.3) is 0 Å². The molecule has 1 aliphatic heterocycles. The second-order valence-electron chi connectivity index (χ2n) is 8.06. The number of hydrogen-bond acceptors (Lipinski definition) is 3. The van der Waals surface area contributed by atoms with Gasteiger partial charge in [0.25, 0.3) is 0 Å². The Kier molecular flexibility index (Phi) is 5.79. The highest BCUT2D eigenvalue weighted by Crippen LogP contribution is 2.34. The fraction of sp³-hybridized carbons (Fsp3) is 0.478. The number of furan rings is 1. The number of rotatable bonds is 5. The third-order valence-corrected chi connectivity index (χ3v) is 6.13. The fourth-order valence-corrected chi connectivity index (χ4v) is 4.60. The summed E-state index contributed by atoms with van der Waals surface area (Å²) in [6.45, 7) is 1.61. The van der Waals surface area contributed by atoms with Crippen molar-refractivity contribution in [3.8, 4) is 0 Å². The minimum atomic E-state index is -0.195. The normalized spacial score (nSPS) is 22.9. The molecule has 1 aliphatic carbocycles. The van der Waals surface area contributed by atoms with E-state index >= 15 is 0 Å². The highest BCUT2D eigenvalue weighted by molar-refractivity contribution is 5.82. The van der Waals surface area contributed by atoms with Crippen LogP contribution in [0.2, 0.25) is 0 Å². The van der Waals surface area contributed by atoms with Gasteiger partial charge in [-0.05, 0) is 37.0 Å². The summed E-state index contributed by atoms with van der Waals surface area (Å²) < 4.78 is 5.31. The molecule has 0 bridgehead atoms. The number of nitrogens with one attached hydrogen (secondary N) is 1. The van der Waals surface area contributed by atoms with Crippen molar-refractivity contribution in [2.24, 2.45) is 11.8 Å². The summed E-state index contributed by atoms with van der Waals surface area (Å²) in [6, 6.07) is 13.9. The van der Waals surface area contributed by atoms with Crippen LogP contribution in [0.15, 0.2) is 53.1 Å². The highest BCUT2D eigenvalue weighted by atomic mass is 16.3. The summed E-state index contributed by atoms with van der Waals surface area (Å²) in [5.41, 5.74) is 1.20. The summed E-state index contributed by atoms with van der Waals surface area (Å²) in [5, 5.41) is 2.99. The molecular formula is C23H28N2O3. The van der Waals surface area contributed by atoms with E-state index in [1.165, 1.54) is 5.56 Å². The molecule has 1 aromatic heterocycles. The lowest BCUT2D eigenvalue weighted by atomic mass is 9.83. The summed E-state index contributed by atoms with van der Waals surface area (Å²) in [5.74, 6) is 1.12. The molecule has 1 saturated carbocycles. The van der Waals surface area contributed by atoms with E-state index < -0.39 is 0 Å². The number of hydrogen-bond donors (Lipinski definition) is 1. The minimum absolute atomic E-state index is 0.00116. The lowest BCUT2D eigenvalue weighted by molar-refractivity contribution is -0.139. The SMILES string of the molecule is O=C(NCc1ccco1)C1CC(c2ccccc2)CN(C(=O)C2CCCC2)C1. The number of nitrogens with zero attached hydrogens (tertiary/aromatic N) is 1. The van der Waals surface area contributed by atoms with Crippen LogP contribution >= 0.6 is 0 Å². The molecule has 0 radical (unpaired) electrons. The summed E-state index contributed by atoms with van der Waals surface area (Å²) in [7, 11) is 0. The van der Waals surface area contributed by atoms with Gasteiger partial charge in [-0.15, -0.1) is 0 Å². The molecule has 4 rings (SSSR count). The molecule has 28 heavy (non-hydrogen) atoms. The molecule has 2 unspecified atom stereocenters. The number of likely N-dealkylation sites (tertiary alicyclic amines) is 1. The monoisotopic (exact) mass is 380 g/mol. The van der Waals surface area contributed by atoms with Gasteiger partial charge < -0.3 is 14.6 Å². The second-order valence-corrected chi connectivity index (χ2v) is 8.06. The van der Waals surface area contributed by atoms with Gasteiger partial charge in [-0.25, -0.2) is 0 Å². The van der Waals surface area contributed by atoms with E-state index in [2.05, 4.69) is 17.4 Å². The Labute approximate surface area is 166 Å². The maximum absolute atomic E-state index is 13.1. The second kappa shape index (κ2) is 8.63. The van der Waals surface area contributed by atoms with E-state index in [-0.39, 0.29) is 29.6 Å². The lowest BCUT2D eigenvalue weighted by Gasteiger charge is -2.38. The predicted molar refractivity (Wildman–Crippen MR) is 106 cm³/mol. The van der Waals surface area contributed by atoms with Gasteiger partial charge in [0.05, 0.1) is 18.7 Å². The molecule has 0 spiro atoms. The first-order valence-electron chi connectivity index (χ1n) is 10.3. The zero-order valence-corrected chi connectivity index (χ0v) is 16.2. The Morgan fingerprint density at radius 1 is 1.00 bits per heavy atom. The molecule has 2 fully saturated rings. The first kappa shape index (κ1) is 18.8. The predicted octanol–water partition coefficient (Wildman–Crippen LogP) is 3.72. The van der Waals surface area contributed by atoms with Gasteiger partial charge in [-0.2, -0.15) is 0 Å². The Hall–Kier alpha value is -2.56. The van der Waals surface area contributed by atoms with E-state index in [4.69, 9.17) is 4.42 Å². The van der Waals surface area contributed by atoms with Gasteiger partial charge in [-0.1, -0.05) is 43.2 Å². The molecule has 2 aliphatic rings. The average molecular weight is 380 g/mol. The number of carbonyl (C=O) groups excluding carboxylic acids is 2. The van der Waals surface area contributed by atoms with Gasteiger partial charge in [-0.3, -0.25) is 9.59 Å². The summed E-state index contributed by atoms with van der Waals surface area (Å²) >= 11 is 0. The number of carbonyl (C=O) groups is 2. The first-order chi connectivity index (χ1) is 13.7. The molecule has 2 amide bonds. The van der Waals surface area contributed by atoms with Crippen LogP contribution in [-0.2, 0) is 16.1 Å². The molecule has 5 nitrogen and oxygen atoms in total. The highest BCUT2D eigenvalue weighted by Gasteiger charge is 2.37. The van der Waals surface area contributed by atoms with Gasteiger partial charge in [0.1, 0.15) is 5.76 Å². The van der Waals surface area contributed by atoms with Crippen LogP contribution in [0.1, 0.15) is 49.3 Å². The van der Waals surface area contributed by atoms with Crippen molar-refractivity contribution >= 4 is 11.8 Å². The van der Waals surface area contributed by atoms with E-state index in [1.807, 2.05) is 35.2 Å². The van der Waals surface area contributed by atoms with Crippen LogP contribution < -0.4 is 5.32 Å². The molecular weight excluding hydrogens is 352 g/mol. The zero-order valence-electron chi connectivity index (χ0n) is 16.2. The van der Waals surface area contributed by atoms with Crippen LogP contribution in [0, 0.1) is 11.8 Å². The molecule has 1 saturated heterocycles. The van der Waals surface area contributed by atoms with E-state index in [0.29, 0.717) is 19.6 Å². The van der Waals surface area contributed by atoms with Gasteiger partial charge in [0.15, 0.2) is 0 Å².